The predicted octanol–water partition coefficient (Wildman–Crippen LogP) is 2.94. The molecule has 3 rings (SSSR count). The van der Waals surface area contributed by atoms with Crippen LogP contribution in [0.3, 0.4) is 0 Å². The van der Waals surface area contributed by atoms with Crippen LogP contribution >= 0.6 is 0 Å². The minimum absolute atomic E-state index is 0.0985. The quantitative estimate of drug-likeness (QED) is 0.882. The summed E-state index contributed by atoms with van der Waals surface area (Å²) in [5, 5.41) is 2.84. The van der Waals surface area contributed by atoms with E-state index in [4.69, 9.17) is 0 Å². The van der Waals surface area contributed by atoms with Crippen LogP contribution < -0.4 is 5.32 Å². The molecule has 0 saturated carbocycles. The van der Waals surface area contributed by atoms with Gasteiger partial charge in [0, 0.05) is 28.9 Å². The molecule has 0 radical (unpaired) electrons. The Morgan fingerprint density at radius 1 is 1.23 bits per heavy atom. The fourth-order valence-electron chi connectivity index (χ4n) is 2.90. The second-order valence-corrected chi connectivity index (χ2v) is 5.40. The summed E-state index contributed by atoms with van der Waals surface area (Å²) in [6, 6.07) is 7.61. The van der Waals surface area contributed by atoms with Gasteiger partial charge in [0.05, 0.1) is 5.69 Å². The van der Waals surface area contributed by atoms with Crippen LogP contribution in [0.25, 0.3) is 11.3 Å². The molecule has 1 aliphatic rings. The monoisotopic (exact) mass is 293 g/mol. The maximum Gasteiger partial charge on any atom is 0.252 e. The second-order valence-electron chi connectivity index (χ2n) is 5.40. The predicted molar refractivity (Wildman–Crippen MR) is 86.6 cm³/mol. The Morgan fingerprint density at radius 2 is 2.05 bits per heavy atom. The molecular weight excluding hydrogens is 274 g/mol. The molecule has 1 aliphatic carbocycles. The Morgan fingerprint density at radius 3 is 2.91 bits per heavy atom. The average Bonchev–Trinajstić information content (AvgIpc) is 2.59. The molecule has 1 heterocycles. The number of carbonyl (C=O) groups is 1. The van der Waals surface area contributed by atoms with Crippen LogP contribution in [0.15, 0.2) is 43.2 Å². The number of fused-ring (bicyclic) bond motifs is 1. The summed E-state index contributed by atoms with van der Waals surface area (Å²) < 4.78 is 0. The highest BCUT2D eigenvalue weighted by molar-refractivity contribution is 6.00. The largest absolute Gasteiger partial charge is 0.349 e. The molecule has 0 fully saturated rings. The molecule has 0 saturated heterocycles. The Kier molecular flexibility index (Phi) is 4.28. The molecule has 1 N–H and O–H groups in total. The van der Waals surface area contributed by atoms with E-state index in [0.29, 0.717) is 12.1 Å². The first kappa shape index (κ1) is 14.4. The van der Waals surface area contributed by atoms with Crippen LogP contribution in [0.4, 0.5) is 0 Å². The van der Waals surface area contributed by atoms with Crippen molar-refractivity contribution in [1.29, 1.82) is 0 Å². The van der Waals surface area contributed by atoms with Gasteiger partial charge in [0.1, 0.15) is 6.33 Å². The van der Waals surface area contributed by atoms with Crippen LogP contribution in [0.5, 0.6) is 0 Å². The van der Waals surface area contributed by atoms with Crippen molar-refractivity contribution in [2.24, 2.45) is 0 Å². The summed E-state index contributed by atoms with van der Waals surface area (Å²) in [5.74, 6) is -0.0985. The zero-order valence-electron chi connectivity index (χ0n) is 12.5. The summed E-state index contributed by atoms with van der Waals surface area (Å²) in [6.45, 7) is 4.08. The molecule has 112 valence electrons. The van der Waals surface area contributed by atoms with Crippen LogP contribution in [0.1, 0.15) is 34.5 Å². The normalized spacial score (nSPS) is 13.3. The zero-order valence-corrected chi connectivity index (χ0v) is 12.5. The van der Waals surface area contributed by atoms with E-state index in [9.17, 15) is 4.79 Å². The molecule has 1 aromatic carbocycles. The maximum atomic E-state index is 12.4. The molecule has 0 atom stereocenters. The maximum absolute atomic E-state index is 12.4. The molecule has 22 heavy (non-hydrogen) atoms. The number of hydrogen-bond donors (Lipinski definition) is 1. The highest BCUT2D eigenvalue weighted by atomic mass is 16.1. The van der Waals surface area contributed by atoms with Crippen molar-refractivity contribution in [2.75, 3.05) is 6.54 Å². The number of nitrogens with one attached hydrogen (secondary N) is 1. The smallest absolute Gasteiger partial charge is 0.252 e. The van der Waals surface area contributed by atoms with E-state index in [1.54, 1.807) is 12.4 Å². The molecule has 0 spiro atoms. The zero-order chi connectivity index (χ0) is 15.4. The number of aryl methyl sites for hydroxylation is 1. The van der Waals surface area contributed by atoms with E-state index >= 15 is 0 Å². The molecule has 1 aromatic heterocycles. The van der Waals surface area contributed by atoms with Crippen LogP contribution in [0.2, 0.25) is 0 Å². The van der Waals surface area contributed by atoms with Crippen molar-refractivity contribution in [3.05, 3.63) is 60.1 Å². The number of carbonyl (C=O) groups excluding carboxylic acids is 1. The lowest BCUT2D eigenvalue weighted by Gasteiger charge is -2.18. The van der Waals surface area contributed by atoms with Gasteiger partial charge in [-0.1, -0.05) is 24.3 Å². The van der Waals surface area contributed by atoms with E-state index in [1.165, 1.54) is 12.0 Å². The summed E-state index contributed by atoms with van der Waals surface area (Å²) in [7, 11) is 0. The Hall–Kier alpha value is -2.49. The summed E-state index contributed by atoms with van der Waals surface area (Å²) >= 11 is 0. The lowest BCUT2D eigenvalue weighted by atomic mass is 9.91. The number of benzene rings is 1. The number of hydrogen-bond acceptors (Lipinski definition) is 3. The lowest BCUT2D eigenvalue weighted by Crippen LogP contribution is -2.24. The fraction of sp³-hybridized carbons (Fsp3) is 0.278. The highest BCUT2D eigenvalue weighted by Gasteiger charge is 2.20. The fourth-order valence-corrected chi connectivity index (χ4v) is 2.90. The molecule has 1 amide bonds. The Bertz CT molecular complexity index is 709. The van der Waals surface area contributed by atoms with Crippen LogP contribution in [0, 0.1) is 0 Å². The van der Waals surface area contributed by atoms with E-state index in [0.717, 1.165) is 36.2 Å². The van der Waals surface area contributed by atoms with Crippen molar-refractivity contribution >= 4 is 5.91 Å². The standard InChI is InChI=1S/C18H19N3O/c1-2-11-19-18(22)14-8-4-3-7-13(14)17-15-9-5-6-10-16(15)20-12-21-17/h2-4,7-8,12H,1,5-6,9-11H2,(H,19,22). The SMILES string of the molecule is C=CCNC(=O)c1ccccc1-c1ncnc2c1CCCC2. The van der Waals surface area contributed by atoms with Gasteiger partial charge in [0.25, 0.3) is 5.91 Å². The van der Waals surface area contributed by atoms with E-state index < -0.39 is 0 Å². The molecule has 2 aromatic rings. The number of aromatic nitrogens is 2. The topological polar surface area (TPSA) is 54.9 Å². The van der Waals surface area contributed by atoms with Gasteiger partial charge in [-0.3, -0.25) is 4.79 Å². The average molecular weight is 293 g/mol. The molecule has 4 heteroatoms. The third-order valence-corrected chi connectivity index (χ3v) is 3.96. The third kappa shape index (κ3) is 2.77. The van der Waals surface area contributed by atoms with Crippen molar-refractivity contribution in [3.63, 3.8) is 0 Å². The first-order valence-electron chi connectivity index (χ1n) is 7.62. The van der Waals surface area contributed by atoms with Gasteiger partial charge in [-0.15, -0.1) is 6.58 Å². The first-order chi connectivity index (χ1) is 10.8. The summed E-state index contributed by atoms with van der Waals surface area (Å²) in [6.07, 6.45) is 7.58. The van der Waals surface area contributed by atoms with Crippen molar-refractivity contribution in [3.8, 4) is 11.3 Å². The Labute approximate surface area is 130 Å². The van der Waals surface area contributed by atoms with Crippen LogP contribution in [-0.2, 0) is 12.8 Å². The van der Waals surface area contributed by atoms with Gasteiger partial charge in [0.2, 0.25) is 0 Å². The van der Waals surface area contributed by atoms with Gasteiger partial charge in [-0.25, -0.2) is 9.97 Å². The Balaban J connectivity index is 2.06. The first-order valence-corrected chi connectivity index (χ1v) is 7.62. The van der Waals surface area contributed by atoms with Crippen molar-refractivity contribution in [1.82, 2.24) is 15.3 Å². The number of amides is 1. The minimum atomic E-state index is -0.0985. The van der Waals surface area contributed by atoms with Gasteiger partial charge in [-0.2, -0.15) is 0 Å². The number of nitrogens with zero attached hydrogens (tertiary/aromatic N) is 2. The summed E-state index contributed by atoms with van der Waals surface area (Å²) in [5.41, 5.74) is 4.74. The lowest BCUT2D eigenvalue weighted by molar-refractivity contribution is 0.0958. The van der Waals surface area contributed by atoms with E-state index in [2.05, 4.69) is 21.9 Å². The molecule has 0 bridgehead atoms. The molecule has 4 nitrogen and oxygen atoms in total. The third-order valence-electron chi connectivity index (χ3n) is 3.96. The minimum Gasteiger partial charge on any atom is -0.349 e. The number of rotatable bonds is 4. The second kappa shape index (κ2) is 6.52. The summed E-state index contributed by atoms with van der Waals surface area (Å²) in [4.78, 5) is 21.2. The van der Waals surface area contributed by atoms with Gasteiger partial charge >= 0.3 is 0 Å². The van der Waals surface area contributed by atoms with Crippen molar-refractivity contribution in [2.45, 2.75) is 25.7 Å². The highest BCUT2D eigenvalue weighted by Crippen LogP contribution is 2.30. The molecular formula is C18H19N3O. The van der Waals surface area contributed by atoms with Gasteiger partial charge < -0.3 is 5.32 Å². The molecule has 0 unspecified atom stereocenters. The van der Waals surface area contributed by atoms with E-state index in [-0.39, 0.29) is 5.91 Å². The van der Waals surface area contributed by atoms with Gasteiger partial charge in [-0.05, 0) is 31.7 Å². The van der Waals surface area contributed by atoms with E-state index in [1.807, 2.05) is 24.3 Å². The van der Waals surface area contributed by atoms with Crippen LogP contribution in [-0.4, -0.2) is 22.4 Å². The van der Waals surface area contributed by atoms with Gasteiger partial charge in [0.15, 0.2) is 0 Å². The molecule has 0 aliphatic heterocycles. The van der Waals surface area contributed by atoms with Crippen molar-refractivity contribution < 1.29 is 4.79 Å².